The molecule has 0 aromatic heterocycles. The van der Waals surface area contributed by atoms with Gasteiger partial charge in [-0.3, -0.25) is 0 Å². The van der Waals surface area contributed by atoms with Gasteiger partial charge in [0.25, 0.3) is 0 Å². The minimum atomic E-state index is -0.298. The molecule has 190 valence electrons. The van der Waals surface area contributed by atoms with Crippen LogP contribution in [0, 0.1) is 0 Å². The second-order valence-corrected chi connectivity index (χ2v) is 10.0. The van der Waals surface area contributed by atoms with E-state index in [1.165, 1.54) is 38.9 Å². The molecule has 6 rings (SSSR count). The number of carbonyl (C=O) groups is 1. The lowest BCUT2D eigenvalue weighted by Gasteiger charge is -2.20. The molecule has 0 N–H and O–H groups in total. The number of esters is 1. The van der Waals surface area contributed by atoms with Gasteiger partial charge >= 0.3 is 5.97 Å². The summed E-state index contributed by atoms with van der Waals surface area (Å²) in [5.74, 6) is -0.179. The average Bonchev–Trinajstić information content (AvgIpc) is 3.31. The zero-order valence-corrected chi connectivity index (χ0v) is 21.8. The number of rotatable bonds is 8. The molecule has 2 heteroatoms. The van der Waals surface area contributed by atoms with Gasteiger partial charge < -0.3 is 4.74 Å². The summed E-state index contributed by atoms with van der Waals surface area (Å²) in [4.78, 5) is 13.1. The molecule has 0 radical (unpaired) electrons. The zero-order chi connectivity index (χ0) is 26.6. The maximum Gasteiger partial charge on any atom is 0.338 e. The lowest BCUT2D eigenvalue weighted by atomic mass is 9.84. The third kappa shape index (κ3) is 4.94. The molecule has 0 saturated heterocycles. The maximum absolute atomic E-state index is 13.1. The molecule has 1 aliphatic carbocycles. The average molecular weight is 507 g/mol. The van der Waals surface area contributed by atoms with E-state index in [0.717, 1.165) is 12.0 Å². The first-order chi connectivity index (χ1) is 19.2. The topological polar surface area (TPSA) is 26.3 Å². The van der Waals surface area contributed by atoms with Gasteiger partial charge in [0.15, 0.2) is 0 Å². The van der Waals surface area contributed by atoms with Crippen molar-refractivity contribution in [2.45, 2.75) is 18.3 Å². The summed E-state index contributed by atoms with van der Waals surface area (Å²) in [6.45, 7) is 4.17. The number of allylic oxidation sites excluding steroid dienone is 1. The minimum Gasteiger partial charge on any atom is -0.461 e. The fraction of sp³-hybridized carbons (Fsp3) is 0.108. The second-order valence-electron chi connectivity index (χ2n) is 10.0. The van der Waals surface area contributed by atoms with Crippen molar-refractivity contribution in [1.29, 1.82) is 0 Å². The van der Waals surface area contributed by atoms with Crippen LogP contribution in [0.2, 0.25) is 0 Å². The van der Waals surface area contributed by atoms with E-state index in [1.807, 2.05) is 36.4 Å². The normalized spacial score (nSPS) is 12.8. The van der Waals surface area contributed by atoms with Crippen LogP contribution in [0.25, 0.3) is 11.1 Å². The van der Waals surface area contributed by atoms with Crippen molar-refractivity contribution >= 4 is 5.97 Å². The Kier molecular flexibility index (Phi) is 6.93. The predicted octanol–water partition coefficient (Wildman–Crippen LogP) is 8.56. The van der Waals surface area contributed by atoms with E-state index in [-0.39, 0.29) is 17.8 Å². The van der Waals surface area contributed by atoms with E-state index in [9.17, 15) is 4.79 Å². The predicted molar refractivity (Wildman–Crippen MR) is 158 cm³/mol. The van der Waals surface area contributed by atoms with E-state index >= 15 is 0 Å². The SMILES string of the molecule is C=CCc1ccc(C(c2ccccc2)c2ccc(C(=O)OCC3c4ccccc4-c4ccccc43)cc2)cc1. The Morgan fingerprint density at radius 3 is 1.77 bits per heavy atom. The molecule has 0 fully saturated rings. The van der Waals surface area contributed by atoms with E-state index < -0.39 is 0 Å². The molecule has 2 nitrogen and oxygen atoms in total. The van der Waals surface area contributed by atoms with Crippen LogP contribution in [-0.2, 0) is 11.2 Å². The summed E-state index contributed by atoms with van der Waals surface area (Å²) in [5.41, 5.74) is 10.2. The number of carbonyl (C=O) groups excluding carboxylic acids is 1. The number of ether oxygens (including phenoxy) is 1. The Hall–Kier alpha value is -4.69. The number of benzene rings is 5. The highest BCUT2D eigenvalue weighted by Gasteiger charge is 2.29. The van der Waals surface area contributed by atoms with Gasteiger partial charge in [-0.1, -0.05) is 121 Å². The molecule has 1 unspecified atom stereocenters. The Morgan fingerprint density at radius 2 is 1.18 bits per heavy atom. The summed E-state index contributed by atoms with van der Waals surface area (Å²) in [5, 5.41) is 0. The number of fused-ring (bicyclic) bond motifs is 3. The first-order valence-electron chi connectivity index (χ1n) is 13.4. The Bertz CT molecular complexity index is 1550. The van der Waals surface area contributed by atoms with Crippen molar-refractivity contribution in [2.75, 3.05) is 6.61 Å². The summed E-state index contributed by atoms with van der Waals surface area (Å²) in [7, 11) is 0. The number of hydrogen-bond acceptors (Lipinski definition) is 2. The Labute approximate surface area is 230 Å². The molecule has 5 aromatic carbocycles. The highest BCUT2D eigenvalue weighted by atomic mass is 16.5. The van der Waals surface area contributed by atoms with Crippen LogP contribution in [0.15, 0.2) is 140 Å². The van der Waals surface area contributed by atoms with Crippen LogP contribution < -0.4 is 0 Å². The van der Waals surface area contributed by atoms with Crippen molar-refractivity contribution in [1.82, 2.24) is 0 Å². The maximum atomic E-state index is 13.1. The largest absolute Gasteiger partial charge is 0.461 e. The van der Waals surface area contributed by atoms with Gasteiger partial charge in [0.05, 0.1) is 5.56 Å². The lowest BCUT2D eigenvalue weighted by molar-refractivity contribution is 0.0493. The van der Waals surface area contributed by atoms with Crippen LogP contribution in [0.4, 0.5) is 0 Å². The fourth-order valence-electron chi connectivity index (χ4n) is 5.73. The molecule has 0 spiro atoms. The molecule has 39 heavy (non-hydrogen) atoms. The van der Waals surface area contributed by atoms with Crippen LogP contribution in [0.3, 0.4) is 0 Å². The molecule has 0 saturated carbocycles. The van der Waals surface area contributed by atoms with Crippen molar-refractivity contribution in [3.05, 3.63) is 179 Å². The summed E-state index contributed by atoms with van der Waals surface area (Å²) >= 11 is 0. The molecule has 0 amide bonds. The van der Waals surface area contributed by atoms with Crippen LogP contribution in [-0.4, -0.2) is 12.6 Å². The quantitative estimate of drug-likeness (QED) is 0.120. The molecule has 0 bridgehead atoms. The smallest absolute Gasteiger partial charge is 0.338 e. The van der Waals surface area contributed by atoms with Gasteiger partial charge in [-0.2, -0.15) is 0 Å². The number of hydrogen-bond donors (Lipinski definition) is 0. The van der Waals surface area contributed by atoms with Gasteiger partial charge in [0.2, 0.25) is 0 Å². The summed E-state index contributed by atoms with van der Waals surface area (Å²) in [6, 6.07) is 43.8. The van der Waals surface area contributed by atoms with E-state index in [0.29, 0.717) is 12.2 Å². The van der Waals surface area contributed by atoms with Crippen LogP contribution in [0.1, 0.15) is 55.6 Å². The highest BCUT2D eigenvalue weighted by molar-refractivity contribution is 5.89. The van der Waals surface area contributed by atoms with Gasteiger partial charge in [-0.05, 0) is 63.1 Å². The molecule has 0 aliphatic heterocycles. The molecule has 0 heterocycles. The summed E-state index contributed by atoms with van der Waals surface area (Å²) in [6.07, 6.45) is 2.77. The highest BCUT2D eigenvalue weighted by Crippen LogP contribution is 2.44. The molecular formula is C37H30O2. The zero-order valence-electron chi connectivity index (χ0n) is 21.8. The van der Waals surface area contributed by atoms with Crippen molar-refractivity contribution in [2.24, 2.45) is 0 Å². The van der Waals surface area contributed by atoms with E-state index in [2.05, 4.69) is 104 Å². The van der Waals surface area contributed by atoms with Gasteiger partial charge in [-0.25, -0.2) is 4.79 Å². The molecular weight excluding hydrogens is 476 g/mol. The van der Waals surface area contributed by atoms with Crippen LogP contribution >= 0.6 is 0 Å². The third-order valence-corrected chi connectivity index (χ3v) is 7.65. The lowest BCUT2D eigenvalue weighted by Crippen LogP contribution is -2.13. The van der Waals surface area contributed by atoms with E-state index in [1.54, 1.807) is 0 Å². The second kappa shape index (κ2) is 11.0. The molecule has 5 aromatic rings. The van der Waals surface area contributed by atoms with Gasteiger partial charge in [0, 0.05) is 11.8 Å². The molecule has 1 aliphatic rings. The minimum absolute atomic E-state index is 0.0483. The monoisotopic (exact) mass is 506 g/mol. The fourth-order valence-corrected chi connectivity index (χ4v) is 5.73. The van der Waals surface area contributed by atoms with Crippen LogP contribution in [0.5, 0.6) is 0 Å². The van der Waals surface area contributed by atoms with Gasteiger partial charge in [-0.15, -0.1) is 6.58 Å². The third-order valence-electron chi connectivity index (χ3n) is 7.65. The van der Waals surface area contributed by atoms with Crippen molar-refractivity contribution in [3.63, 3.8) is 0 Å². The van der Waals surface area contributed by atoms with E-state index in [4.69, 9.17) is 4.74 Å². The van der Waals surface area contributed by atoms with Crippen molar-refractivity contribution in [3.8, 4) is 11.1 Å². The standard InChI is InChI=1S/C37H30O2/c1-2-10-26-17-19-28(20-18-26)36(27-11-4-3-5-12-27)29-21-23-30(24-22-29)37(38)39-25-35-33-15-8-6-13-31(33)32-14-7-9-16-34(32)35/h2-9,11-24,35-36H,1,10,25H2. The first-order valence-corrected chi connectivity index (χ1v) is 13.4. The Morgan fingerprint density at radius 1 is 0.667 bits per heavy atom. The first kappa shape index (κ1) is 24.6. The Balaban J connectivity index is 1.22. The summed E-state index contributed by atoms with van der Waals surface area (Å²) < 4.78 is 5.88. The van der Waals surface area contributed by atoms with Crippen molar-refractivity contribution < 1.29 is 9.53 Å². The van der Waals surface area contributed by atoms with Gasteiger partial charge in [0.1, 0.15) is 6.61 Å². The molecule has 1 atom stereocenters.